The number of piperidine rings is 1. The lowest BCUT2D eigenvalue weighted by molar-refractivity contribution is 0.0515. The predicted molar refractivity (Wildman–Crippen MR) is 147 cm³/mol. The van der Waals surface area contributed by atoms with Crippen molar-refractivity contribution < 1.29 is 4.79 Å². The van der Waals surface area contributed by atoms with Crippen LogP contribution in [-0.4, -0.2) is 94.1 Å². The molecule has 0 atom stereocenters. The van der Waals surface area contributed by atoms with Gasteiger partial charge in [0.1, 0.15) is 5.69 Å². The normalized spacial score (nSPS) is 19.8. The SMILES string of the molecule is CN1CCN(C2CCN(C(=O)c3cc4cc(Nc5nccc(C6=CCCC=N6)n5)ccc4[nH]3)CC2)CC1. The zero-order chi connectivity index (χ0) is 25.2. The predicted octanol–water partition coefficient (Wildman–Crippen LogP) is 3.76. The largest absolute Gasteiger partial charge is 0.351 e. The zero-order valence-corrected chi connectivity index (χ0v) is 21.4. The number of likely N-dealkylation sites (tertiary alicyclic amines) is 1. The number of hydrogen-bond donors (Lipinski definition) is 2. The molecule has 0 unspecified atom stereocenters. The maximum Gasteiger partial charge on any atom is 0.270 e. The summed E-state index contributed by atoms with van der Waals surface area (Å²) in [6.07, 6.45) is 9.81. The molecule has 0 bridgehead atoms. The number of aromatic nitrogens is 3. The van der Waals surface area contributed by atoms with Crippen LogP contribution in [-0.2, 0) is 0 Å². The number of nitrogens with one attached hydrogen (secondary N) is 2. The van der Waals surface area contributed by atoms with E-state index < -0.39 is 0 Å². The van der Waals surface area contributed by atoms with Gasteiger partial charge in [-0.2, -0.15) is 0 Å². The molecule has 37 heavy (non-hydrogen) atoms. The number of likely N-dealkylation sites (N-methyl/N-ethyl adjacent to an activating group) is 1. The van der Waals surface area contributed by atoms with Crippen LogP contribution in [0.1, 0.15) is 41.9 Å². The number of fused-ring (bicyclic) bond motifs is 1. The second-order valence-electron chi connectivity index (χ2n) is 10.2. The molecule has 1 amide bonds. The first-order valence-electron chi connectivity index (χ1n) is 13.3. The summed E-state index contributed by atoms with van der Waals surface area (Å²) in [5.74, 6) is 0.605. The summed E-state index contributed by atoms with van der Waals surface area (Å²) in [4.78, 5) is 37.1. The first-order valence-corrected chi connectivity index (χ1v) is 13.3. The van der Waals surface area contributed by atoms with Crippen molar-refractivity contribution in [1.29, 1.82) is 0 Å². The molecular formula is C28H34N8O. The third-order valence-electron chi connectivity index (χ3n) is 7.70. The summed E-state index contributed by atoms with van der Waals surface area (Å²) in [7, 11) is 2.19. The zero-order valence-electron chi connectivity index (χ0n) is 21.4. The molecule has 0 radical (unpaired) electrons. The number of H-pyrrole nitrogens is 1. The van der Waals surface area contributed by atoms with E-state index in [0.717, 1.165) is 92.9 Å². The average molecular weight is 499 g/mol. The van der Waals surface area contributed by atoms with Crippen molar-refractivity contribution in [2.24, 2.45) is 4.99 Å². The molecule has 192 valence electrons. The molecule has 3 aliphatic heterocycles. The van der Waals surface area contributed by atoms with Crippen molar-refractivity contribution in [3.8, 4) is 0 Å². The molecule has 2 aromatic heterocycles. The van der Waals surface area contributed by atoms with E-state index in [9.17, 15) is 4.79 Å². The summed E-state index contributed by atoms with van der Waals surface area (Å²) in [6, 6.07) is 10.4. The number of anilines is 2. The molecule has 0 aliphatic carbocycles. The first kappa shape index (κ1) is 23.8. The van der Waals surface area contributed by atoms with E-state index in [1.54, 1.807) is 6.20 Å². The highest BCUT2D eigenvalue weighted by Gasteiger charge is 2.29. The molecule has 0 saturated carbocycles. The number of amides is 1. The lowest BCUT2D eigenvalue weighted by atomic mass is 10.0. The molecule has 2 fully saturated rings. The van der Waals surface area contributed by atoms with Gasteiger partial charge in [0.25, 0.3) is 5.91 Å². The number of aliphatic imine (C=N–C) groups is 1. The Morgan fingerprint density at radius 1 is 1.03 bits per heavy atom. The molecule has 5 heterocycles. The number of carbonyl (C=O) groups is 1. The highest BCUT2D eigenvalue weighted by Crippen LogP contribution is 2.25. The van der Waals surface area contributed by atoms with Gasteiger partial charge in [-0.1, -0.05) is 6.08 Å². The van der Waals surface area contributed by atoms with E-state index in [2.05, 4.69) is 48.2 Å². The van der Waals surface area contributed by atoms with Crippen LogP contribution in [0.3, 0.4) is 0 Å². The number of aromatic amines is 1. The summed E-state index contributed by atoms with van der Waals surface area (Å²) >= 11 is 0. The van der Waals surface area contributed by atoms with Crippen molar-refractivity contribution in [3.05, 3.63) is 54.0 Å². The molecule has 1 aromatic carbocycles. The summed E-state index contributed by atoms with van der Waals surface area (Å²) in [5.41, 5.74) is 4.15. The molecule has 9 heteroatoms. The summed E-state index contributed by atoms with van der Waals surface area (Å²) in [6.45, 7) is 6.16. The minimum Gasteiger partial charge on any atom is -0.351 e. The molecular weight excluding hydrogens is 464 g/mol. The van der Waals surface area contributed by atoms with Crippen LogP contribution in [0.15, 0.2) is 47.6 Å². The maximum atomic E-state index is 13.3. The van der Waals surface area contributed by atoms with Crippen molar-refractivity contribution >= 4 is 40.4 Å². The van der Waals surface area contributed by atoms with Crippen LogP contribution in [0.4, 0.5) is 11.6 Å². The van der Waals surface area contributed by atoms with Crippen LogP contribution < -0.4 is 5.32 Å². The fourth-order valence-electron chi connectivity index (χ4n) is 5.49. The van der Waals surface area contributed by atoms with E-state index in [4.69, 9.17) is 0 Å². The van der Waals surface area contributed by atoms with Crippen molar-refractivity contribution in [3.63, 3.8) is 0 Å². The first-order chi connectivity index (χ1) is 18.1. The smallest absolute Gasteiger partial charge is 0.270 e. The fraction of sp³-hybridized carbons (Fsp3) is 0.429. The van der Waals surface area contributed by atoms with Crippen molar-refractivity contribution in [1.82, 2.24) is 29.7 Å². The number of carbonyl (C=O) groups excluding carboxylic acids is 1. The molecule has 3 aromatic rings. The highest BCUT2D eigenvalue weighted by molar-refractivity contribution is 5.98. The number of piperazine rings is 1. The number of allylic oxidation sites excluding steroid dienone is 1. The minimum absolute atomic E-state index is 0.0832. The molecule has 2 saturated heterocycles. The van der Waals surface area contributed by atoms with E-state index >= 15 is 0 Å². The lowest BCUT2D eigenvalue weighted by Crippen LogP contribution is -2.53. The maximum absolute atomic E-state index is 13.3. The Kier molecular flexibility index (Phi) is 6.72. The number of benzene rings is 1. The van der Waals surface area contributed by atoms with Crippen LogP contribution >= 0.6 is 0 Å². The van der Waals surface area contributed by atoms with Gasteiger partial charge in [-0.05, 0) is 63.1 Å². The Hall–Kier alpha value is -3.56. The van der Waals surface area contributed by atoms with Gasteiger partial charge in [0.2, 0.25) is 5.95 Å². The van der Waals surface area contributed by atoms with Crippen LogP contribution in [0, 0.1) is 0 Å². The average Bonchev–Trinajstić information content (AvgIpc) is 3.37. The second kappa shape index (κ2) is 10.4. The van der Waals surface area contributed by atoms with Gasteiger partial charge < -0.3 is 20.1 Å². The Labute approximate surface area is 217 Å². The van der Waals surface area contributed by atoms with Gasteiger partial charge in [0, 0.05) is 74.3 Å². The fourth-order valence-corrected chi connectivity index (χ4v) is 5.49. The number of rotatable bonds is 5. The third kappa shape index (κ3) is 5.28. The monoisotopic (exact) mass is 498 g/mol. The van der Waals surface area contributed by atoms with Gasteiger partial charge in [-0.15, -0.1) is 0 Å². The van der Waals surface area contributed by atoms with Gasteiger partial charge in [0.05, 0.1) is 11.4 Å². The Bertz CT molecular complexity index is 1330. The van der Waals surface area contributed by atoms with E-state index in [0.29, 0.717) is 17.7 Å². The molecule has 6 rings (SSSR count). The van der Waals surface area contributed by atoms with Gasteiger partial charge in [-0.3, -0.25) is 14.7 Å². The topological polar surface area (TPSA) is 92.8 Å². The molecule has 2 N–H and O–H groups in total. The number of nitrogens with zero attached hydrogens (tertiary/aromatic N) is 6. The molecule has 3 aliphatic rings. The van der Waals surface area contributed by atoms with Crippen LogP contribution in [0.5, 0.6) is 0 Å². The van der Waals surface area contributed by atoms with Crippen LogP contribution in [0.2, 0.25) is 0 Å². The lowest BCUT2D eigenvalue weighted by Gasteiger charge is -2.42. The van der Waals surface area contributed by atoms with Crippen molar-refractivity contribution in [2.45, 2.75) is 31.7 Å². The Balaban J connectivity index is 1.11. The Morgan fingerprint density at radius 2 is 1.86 bits per heavy atom. The van der Waals surface area contributed by atoms with Crippen molar-refractivity contribution in [2.75, 3.05) is 51.6 Å². The second-order valence-corrected chi connectivity index (χ2v) is 10.2. The molecule has 9 nitrogen and oxygen atoms in total. The van der Waals surface area contributed by atoms with E-state index in [1.807, 2.05) is 41.4 Å². The standard InChI is InChI=1S/C28H34N8O/c1-34-14-16-35(17-15-34)22-8-12-36(13-9-22)27(37)26-19-20-18-21(5-6-23(20)32-26)31-28-30-11-7-25(33-28)24-4-2-3-10-29-24/h4-7,10-11,18-19,22,32H,2-3,8-9,12-17H2,1H3,(H,30,31,33). The van der Waals surface area contributed by atoms with Gasteiger partial charge in [-0.25, -0.2) is 9.97 Å². The number of hydrogen-bond acceptors (Lipinski definition) is 7. The van der Waals surface area contributed by atoms with Crippen LogP contribution in [0.25, 0.3) is 16.6 Å². The van der Waals surface area contributed by atoms with Gasteiger partial charge in [0.15, 0.2) is 0 Å². The third-order valence-corrected chi connectivity index (χ3v) is 7.70. The van der Waals surface area contributed by atoms with E-state index in [1.165, 1.54) is 0 Å². The van der Waals surface area contributed by atoms with Gasteiger partial charge >= 0.3 is 0 Å². The molecule has 0 spiro atoms. The quantitative estimate of drug-likeness (QED) is 0.557. The highest BCUT2D eigenvalue weighted by atomic mass is 16.2. The van der Waals surface area contributed by atoms with E-state index in [-0.39, 0.29) is 5.91 Å². The summed E-state index contributed by atoms with van der Waals surface area (Å²) < 4.78 is 0. The minimum atomic E-state index is 0.0832. The Morgan fingerprint density at radius 3 is 2.65 bits per heavy atom. The summed E-state index contributed by atoms with van der Waals surface area (Å²) in [5, 5.41) is 4.28.